The molecule has 6 heteroatoms. The monoisotopic (exact) mass is 402 g/mol. The van der Waals surface area contributed by atoms with Crippen molar-refractivity contribution in [3.8, 4) is 11.5 Å². The average Bonchev–Trinajstić information content (AvgIpc) is 2.71. The van der Waals surface area contributed by atoms with E-state index in [1.54, 1.807) is 6.07 Å². The van der Waals surface area contributed by atoms with Gasteiger partial charge in [-0.25, -0.2) is 0 Å². The highest BCUT2D eigenvalue weighted by molar-refractivity contribution is 6.30. The molecule has 0 N–H and O–H groups in total. The Kier molecular flexibility index (Phi) is 6.68. The van der Waals surface area contributed by atoms with Gasteiger partial charge in [0.1, 0.15) is 0 Å². The van der Waals surface area contributed by atoms with Crippen molar-refractivity contribution in [2.75, 3.05) is 44.3 Å². The molecule has 5 nitrogen and oxygen atoms in total. The molecule has 1 heterocycles. The largest absolute Gasteiger partial charge is 0.490 e. The van der Waals surface area contributed by atoms with Crippen LogP contribution in [-0.2, 0) is 0 Å². The van der Waals surface area contributed by atoms with Crippen LogP contribution in [-0.4, -0.2) is 50.2 Å². The summed E-state index contributed by atoms with van der Waals surface area (Å²) in [5.41, 5.74) is 2.95. The number of ether oxygens (including phenoxy) is 2. The zero-order valence-electron chi connectivity index (χ0n) is 16.7. The molecule has 2 aromatic carbocycles. The first-order valence-corrected chi connectivity index (χ1v) is 10.1. The lowest BCUT2D eigenvalue weighted by molar-refractivity contribution is 0.0746. The number of piperazine rings is 1. The molecular formula is C22H27ClN2O3. The number of rotatable bonds is 6. The van der Waals surface area contributed by atoms with E-state index in [0.29, 0.717) is 43.4 Å². The Hall–Kier alpha value is -2.40. The number of nitrogens with zero attached hydrogens (tertiary/aromatic N) is 2. The van der Waals surface area contributed by atoms with Crippen LogP contribution in [0.1, 0.15) is 29.8 Å². The minimum atomic E-state index is 0.0199. The summed E-state index contributed by atoms with van der Waals surface area (Å²) in [7, 11) is 0. The van der Waals surface area contributed by atoms with E-state index < -0.39 is 0 Å². The quantitative estimate of drug-likeness (QED) is 0.717. The summed E-state index contributed by atoms with van der Waals surface area (Å²) in [4.78, 5) is 17.2. The van der Waals surface area contributed by atoms with Crippen LogP contribution in [0.3, 0.4) is 0 Å². The summed E-state index contributed by atoms with van der Waals surface area (Å²) >= 11 is 6.16. The van der Waals surface area contributed by atoms with Crippen LogP contribution in [0.2, 0.25) is 5.02 Å². The van der Waals surface area contributed by atoms with Gasteiger partial charge >= 0.3 is 0 Å². The Morgan fingerprint density at radius 2 is 1.64 bits per heavy atom. The number of hydrogen-bond donors (Lipinski definition) is 0. The first-order valence-electron chi connectivity index (χ1n) is 9.73. The van der Waals surface area contributed by atoms with Gasteiger partial charge in [-0.2, -0.15) is 0 Å². The molecule has 2 aromatic rings. The summed E-state index contributed by atoms with van der Waals surface area (Å²) in [6, 6.07) is 11.3. The predicted octanol–water partition coefficient (Wildman–Crippen LogP) is 4.41. The standard InChI is InChI=1S/C22H27ClN2O3/c1-4-27-20-9-7-17(14-21(20)28-5-2)22(26)25-12-10-24(11-13-25)19-15-18(23)8-6-16(19)3/h6-9,14-15H,4-5,10-13H2,1-3H3. The SMILES string of the molecule is CCOc1ccc(C(=O)N2CCN(c3cc(Cl)ccc3C)CC2)cc1OCC. The molecule has 0 atom stereocenters. The molecule has 0 unspecified atom stereocenters. The van der Waals surface area contributed by atoms with Gasteiger partial charge in [-0.1, -0.05) is 17.7 Å². The summed E-state index contributed by atoms with van der Waals surface area (Å²) in [5, 5.41) is 0.733. The number of amides is 1. The topological polar surface area (TPSA) is 42.0 Å². The summed E-state index contributed by atoms with van der Waals surface area (Å²) < 4.78 is 11.2. The second kappa shape index (κ2) is 9.20. The molecule has 1 fully saturated rings. The molecule has 0 radical (unpaired) electrons. The van der Waals surface area contributed by atoms with Gasteiger partial charge in [-0.15, -0.1) is 0 Å². The van der Waals surface area contributed by atoms with Crippen molar-refractivity contribution < 1.29 is 14.3 Å². The van der Waals surface area contributed by atoms with E-state index in [1.165, 1.54) is 5.56 Å². The molecule has 0 bridgehead atoms. The Bertz CT molecular complexity index is 833. The maximum absolute atomic E-state index is 13.0. The first kappa shape index (κ1) is 20.3. The molecule has 0 saturated carbocycles. The number of aryl methyl sites for hydroxylation is 1. The fraction of sp³-hybridized carbons (Fsp3) is 0.409. The van der Waals surface area contributed by atoms with Crippen LogP contribution >= 0.6 is 11.6 Å². The van der Waals surface area contributed by atoms with E-state index in [-0.39, 0.29) is 5.91 Å². The highest BCUT2D eigenvalue weighted by Gasteiger charge is 2.24. The Morgan fingerprint density at radius 3 is 2.32 bits per heavy atom. The van der Waals surface area contributed by atoms with Crippen molar-refractivity contribution in [2.24, 2.45) is 0 Å². The molecule has 3 rings (SSSR count). The van der Waals surface area contributed by atoms with Gasteiger partial charge in [0.25, 0.3) is 5.91 Å². The number of carbonyl (C=O) groups excluding carboxylic acids is 1. The minimum absolute atomic E-state index is 0.0199. The predicted molar refractivity (Wildman–Crippen MR) is 113 cm³/mol. The van der Waals surface area contributed by atoms with Gasteiger partial charge in [0, 0.05) is 42.5 Å². The van der Waals surface area contributed by atoms with E-state index in [9.17, 15) is 4.79 Å². The van der Waals surface area contributed by atoms with Crippen LogP contribution in [0.4, 0.5) is 5.69 Å². The Labute approximate surface area is 171 Å². The van der Waals surface area contributed by atoms with Crippen molar-refractivity contribution in [2.45, 2.75) is 20.8 Å². The van der Waals surface area contributed by atoms with Crippen molar-refractivity contribution in [1.29, 1.82) is 0 Å². The van der Waals surface area contributed by atoms with Gasteiger partial charge in [0.15, 0.2) is 11.5 Å². The maximum atomic E-state index is 13.0. The highest BCUT2D eigenvalue weighted by atomic mass is 35.5. The molecule has 0 spiro atoms. The van der Waals surface area contributed by atoms with Gasteiger partial charge in [-0.3, -0.25) is 4.79 Å². The van der Waals surface area contributed by atoms with Crippen molar-refractivity contribution in [3.63, 3.8) is 0 Å². The van der Waals surface area contributed by atoms with Crippen molar-refractivity contribution >= 4 is 23.2 Å². The Balaban J connectivity index is 1.69. The highest BCUT2D eigenvalue weighted by Crippen LogP contribution is 2.30. The van der Waals surface area contributed by atoms with Gasteiger partial charge < -0.3 is 19.3 Å². The minimum Gasteiger partial charge on any atom is -0.490 e. The molecule has 0 aliphatic carbocycles. The molecule has 1 saturated heterocycles. The molecular weight excluding hydrogens is 376 g/mol. The first-order chi connectivity index (χ1) is 13.5. The normalized spacial score (nSPS) is 14.1. The molecule has 1 amide bonds. The van der Waals surface area contributed by atoms with Crippen LogP contribution in [0, 0.1) is 6.92 Å². The second-order valence-electron chi connectivity index (χ2n) is 6.74. The van der Waals surface area contributed by atoms with E-state index in [0.717, 1.165) is 23.8 Å². The third kappa shape index (κ3) is 4.53. The number of anilines is 1. The van der Waals surface area contributed by atoms with E-state index in [1.807, 2.05) is 49.1 Å². The summed E-state index contributed by atoms with van der Waals surface area (Å²) in [6.07, 6.45) is 0. The maximum Gasteiger partial charge on any atom is 0.254 e. The van der Waals surface area contributed by atoms with Crippen molar-refractivity contribution in [1.82, 2.24) is 4.90 Å². The van der Waals surface area contributed by atoms with Crippen LogP contribution in [0.5, 0.6) is 11.5 Å². The Morgan fingerprint density at radius 1 is 0.964 bits per heavy atom. The second-order valence-corrected chi connectivity index (χ2v) is 7.17. The summed E-state index contributed by atoms with van der Waals surface area (Å²) in [6.45, 7) is 9.90. The lowest BCUT2D eigenvalue weighted by atomic mass is 10.1. The fourth-order valence-corrected chi connectivity index (χ4v) is 3.61. The third-order valence-electron chi connectivity index (χ3n) is 4.87. The van der Waals surface area contributed by atoms with Crippen LogP contribution < -0.4 is 14.4 Å². The van der Waals surface area contributed by atoms with Crippen LogP contribution in [0.15, 0.2) is 36.4 Å². The number of carbonyl (C=O) groups is 1. The van der Waals surface area contributed by atoms with Crippen molar-refractivity contribution in [3.05, 3.63) is 52.5 Å². The van der Waals surface area contributed by atoms with Gasteiger partial charge in [-0.05, 0) is 56.7 Å². The third-order valence-corrected chi connectivity index (χ3v) is 5.10. The van der Waals surface area contributed by atoms with Gasteiger partial charge in [0.2, 0.25) is 0 Å². The molecule has 150 valence electrons. The van der Waals surface area contributed by atoms with Crippen LogP contribution in [0.25, 0.3) is 0 Å². The van der Waals surface area contributed by atoms with E-state index in [2.05, 4.69) is 11.8 Å². The lowest BCUT2D eigenvalue weighted by Crippen LogP contribution is -2.49. The van der Waals surface area contributed by atoms with E-state index in [4.69, 9.17) is 21.1 Å². The summed E-state index contributed by atoms with van der Waals surface area (Å²) in [5.74, 6) is 1.30. The zero-order valence-corrected chi connectivity index (χ0v) is 17.5. The molecule has 1 aliphatic rings. The average molecular weight is 403 g/mol. The number of benzene rings is 2. The zero-order chi connectivity index (χ0) is 20.1. The molecule has 1 aliphatic heterocycles. The van der Waals surface area contributed by atoms with Gasteiger partial charge in [0.05, 0.1) is 13.2 Å². The lowest BCUT2D eigenvalue weighted by Gasteiger charge is -2.37. The smallest absolute Gasteiger partial charge is 0.254 e. The molecule has 28 heavy (non-hydrogen) atoms. The number of hydrogen-bond acceptors (Lipinski definition) is 4. The van der Waals surface area contributed by atoms with E-state index >= 15 is 0 Å². The molecule has 0 aromatic heterocycles. The number of halogens is 1. The fourth-order valence-electron chi connectivity index (χ4n) is 3.44.